The normalized spacial score (nSPS) is 30.2. The van der Waals surface area contributed by atoms with Crippen LogP contribution in [-0.2, 0) is 14.4 Å². The molecule has 2 saturated heterocycles. The predicted octanol–water partition coefficient (Wildman–Crippen LogP) is 2.06. The van der Waals surface area contributed by atoms with Crippen molar-refractivity contribution in [2.24, 2.45) is 23.7 Å². The largest absolute Gasteiger partial charge is 0.368 e. The van der Waals surface area contributed by atoms with Gasteiger partial charge in [0.05, 0.1) is 11.8 Å². The maximum atomic E-state index is 13.1. The Labute approximate surface area is 175 Å². The summed E-state index contributed by atoms with van der Waals surface area (Å²) < 4.78 is 13.1. The van der Waals surface area contributed by atoms with Crippen molar-refractivity contribution in [2.75, 3.05) is 37.6 Å². The summed E-state index contributed by atoms with van der Waals surface area (Å²) in [6.07, 6.45) is 6.35. The zero-order chi connectivity index (χ0) is 20.8. The molecule has 2 bridgehead atoms. The molecule has 2 heterocycles. The van der Waals surface area contributed by atoms with Crippen molar-refractivity contribution >= 4 is 23.4 Å². The highest BCUT2D eigenvalue weighted by molar-refractivity contribution is 6.06. The van der Waals surface area contributed by atoms with Gasteiger partial charge in [0.2, 0.25) is 17.7 Å². The highest BCUT2D eigenvalue weighted by Gasteiger charge is 2.56. The lowest BCUT2D eigenvalue weighted by Gasteiger charge is -2.38. The lowest BCUT2D eigenvalue weighted by molar-refractivity contribution is -0.141. The van der Waals surface area contributed by atoms with Gasteiger partial charge in [-0.15, -0.1) is 0 Å². The maximum absolute atomic E-state index is 13.1. The number of hydrogen-bond acceptors (Lipinski definition) is 4. The van der Waals surface area contributed by atoms with E-state index in [1.165, 1.54) is 17.0 Å². The van der Waals surface area contributed by atoms with E-state index in [1.54, 1.807) is 17.0 Å². The molecular weight excluding hydrogens is 385 g/mol. The molecule has 158 valence electrons. The molecule has 3 amide bonds. The average Bonchev–Trinajstić information content (AvgIpc) is 3.05. The summed E-state index contributed by atoms with van der Waals surface area (Å²) in [5.74, 6) is -0.525. The summed E-state index contributed by atoms with van der Waals surface area (Å²) in [7, 11) is 0. The van der Waals surface area contributed by atoms with E-state index >= 15 is 0 Å². The fourth-order valence-corrected chi connectivity index (χ4v) is 5.59. The zero-order valence-electron chi connectivity index (χ0n) is 16.9. The number of anilines is 1. The molecule has 0 radical (unpaired) electrons. The molecule has 6 nitrogen and oxygen atoms in total. The van der Waals surface area contributed by atoms with Gasteiger partial charge < -0.3 is 9.80 Å². The molecule has 5 aliphatic rings. The molecule has 2 aliphatic heterocycles. The monoisotopic (exact) mass is 411 g/mol. The Morgan fingerprint density at radius 2 is 1.47 bits per heavy atom. The van der Waals surface area contributed by atoms with Crippen molar-refractivity contribution in [3.05, 3.63) is 42.2 Å². The molecule has 1 aromatic rings. The van der Waals surface area contributed by atoms with Crippen LogP contribution in [0.3, 0.4) is 0 Å². The minimum absolute atomic E-state index is 0.0228. The Morgan fingerprint density at radius 1 is 0.900 bits per heavy atom. The molecule has 1 aromatic carbocycles. The van der Waals surface area contributed by atoms with Crippen LogP contribution < -0.4 is 4.90 Å². The van der Waals surface area contributed by atoms with Crippen LogP contribution in [0.25, 0.3) is 0 Å². The number of nitrogens with zero attached hydrogens (tertiary/aromatic N) is 3. The van der Waals surface area contributed by atoms with Gasteiger partial charge in [0.25, 0.3) is 0 Å². The zero-order valence-corrected chi connectivity index (χ0v) is 16.9. The average molecular weight is 411 g/mol. The van der Waals surface area contributed by atoms with Crippen LogP contribution in [0.5, 0.6) is 0 Å². The smallest absolute Gasteiger partial charge is 0.233 e. The number of amides is 3. The van der Waals surface area contributed by atoms with Crippen LogP contribution in [0.4, 0.5) is 10.1 Å². The number of hydrogen-bond donors (Lipinski definition) is 0. The molecule has 0 N–H and O–H groups in total. The van der Waals surface area contributed by atoms with Crippen molar-refractivity contribution in [1.29, 1.82) is 0 Å². The van der Waals surface area contributed by atoms with Gasteiger partial charge in [-0.25, -0.2) is 4.39 Å². The van der Waals surface area contributed by atoms with Gasteiger partial charge in [0, 0.05) is 44.8 Å². The SMILES string of the molecule is O=C(CCN1C(=O)[C@H]2[C@H](C1=O)[C@H]1C=C[C@H]2CC1)N1CCN(c2ccc(F)cc2)CC1. The van der Waals surface area contributed by atoms with Crippen molar-refractivity contribution in [3.63, 3.8) is 0 Å². The number of carbonyl (C=O) groups is 3. The van der Waals surface area contributed by atoms with Gasteiger partial charge in [0.15, 0.2) is 0 Å². The van der Waals surface area contributed by atoms with Gasteiger partial charge in [-0.05, 0) is 48.9 Å². The maximum Gasteiger partial charge on any atom is 0.233 e. The third-order valence-electron chi connectivity index (χ3n) is 7.22. The molecule has 3 aliphatic carbocycles. The molecule has 7 heteroatoms. The van der Waals surface area contributed by atoms with E-state index in [0.29, 0.717) is 26.2 Å². The second kappa shape index (κ2) is 7.52. The number of fused-ring (bicyclic) bond motifs is 1. The Bertz CT molecular complexity index is 859. The van der Waals surface area contributed by atoms with E-state index in [1.807, 2.05) is 0 Å². The van der Waals surface area contributed by atoms with E-state index in [4.69, 9.17) is 0 Å². The number of allylic oxidation sites excluding steroid dienone is 2. The Balaban J connectivity index is 1.15. The Kier molecular flexibility index (Phi) is 4.83. The van der Waals surface area contributed by atoms with Crippen molar-refractivity contribution in [1.82, 2.24) is 9.80 Å². The van der Waals surface area contributed by atoms with Crippen LogP contribution in [0.1, 0.15) is 19.3 Å². The van der Waals surface area contributed by atoms with Crippen LogP contribution in [0.15, 0.2) is 36.4 Å². The molecule has 1 saturated carbocycles. The number of halogens is 1. The third-order valence-corrected chi connectivity index (χ3v) is 7.22. The first-order valence-corrected chi connectivity index (χ1v) is 10.8. The van der Waals surface area contributed by atoms with Gasteiger partial charge in [-0.3, -0.25) is 19.3 Å². The molecule has 30 heavy (non-hydrogen) atoms. The number of rotatable bonds is 4. The third kappa shape index (κ3) is 3.20. The van der Waals surface area contributed by atoms with Gasteiger partial charge in [0.1, 0.15) is 5.82 Å². The van der Waals surface area contributed by atoms with E-state index < -0.39 is 0 Å². The highest BCUT2D eigenvalue weighted by atomic mass is 19.1. The van der Waals surface area contributed by atoms with Crippen molar-refractivity contribution < 1.29 is 18.8 Å². The minimum Gasteiger partial charge on any atom is -0.368 e. The van der Waals surface area contributed by atoms with E-state index in [-0.39, 0.29) is 60.2 Å². The van der Waals surface area contributed by atoms with E-state index in [9.17, 15) is 18.8 Å². The van der Waals surface area contributed by atoms with E-state index in [0.717, 1.165) is 18.5 Å². The molecule has 4 atom stereocenters. The number of benzene rings is 1. The minimum atomic E-state index is -0.262. The van der Waals surface area contributed by atoms with E-state index in [2.05, 4.69) is 17.1 Å². The lowest BCUT2D eigenvalue weighted by atomic mass is 9.63. The standard InChI is InChI=1S/C23H26FN3O3/c24-17-5-7-18(8-6-17)25-11-13-26(14-12-25)19(28)9-10-27-22(29)20-15-1-2-16(4-3-15)21(20)23(27)30/h1-2,5-8,15-16,20-21H,3-4,9-14H2/t15-,16-,20+,21+/m0/s1. The quantitative estimate of drug-likeness (QED) is 0.562. The topological polar surface area (TPSA) is 60.9 Å². The summed E-state index contributed by atoms with van der Waals surface area (Å²) in [5.41, 5.74) is 0.947. The van der Waals surface area contributed by atoms with Crippen LogP contribution in [0.2, 0.25) is 0 Å². The molecule has 3 fully saturated rings. The molecule has 0 aromatic heterocycles. The fourth-order valence-electron chi connectivity index (χ4n) is 5.59. The van der Waals surface area contributed by atoms with Crippen molar-refractivity contribution in [3.8, 4) is 0 Å². The molecule has 0 spiro atoms. The molecule has 0 unspecified atom stereocenters. The van der Waals surface area contributed by atoms with Crippen LogP contribution in [-0.4, -0.2) is 60.2 Å². The second-order valence-electron chi connectivity index (χ2n) is 8.76. The number of likely N-dealkylation sites (tertiary alicyclic amines) is 1. The summed E-state index contributed by atoms with van der Waals surface area (Å²) in [5, 5.41) is 0. The predicted molar refractivity (Wildman–Crippen MR) is 109 cm³/mol. The first-order valence-electron chi connectivity index (χ1n) is 10.8. The molecular formula is C23H26FN3O3. The Morgan fingerprint density at radius 3 is 2.00 bits per heavy atom. The second-order valence-corrected chi connectivity index (χ2v) is 8.76. The summed E-state index contributed by atoms with van der Waals surface area (Å²) in [6.45, 7) is 2.70. The number of carbonyl (C=O) groups excluding carboxylic acids is 3. The van der Waals surface area contributed by atoms with Crippen LogP contribution in [0, 0.1) is 29.5 Å². The first-order chi connectivity index (χ1) is 14.5. The summed E-state index contributed by atoms with van der Waals surface area (Å²) >= 11 is 0. The fraction of sp³-hybridized carbons (Fsp3) is 0.522. The molecule has 6 rings (SSSR count). The summed E-state index contributed by atoms with van der Waals surface area (Å²) in [4.78, 5) is 43.7. The number of piperazine rings is 1. The van der Waals surface area contributed by atoms with Gasteiger partial charge >= 0.3 is 0 Å². The van der Waals surface area contributed by atoms with Gasteiger partial charge in [-0.1, -0.05) is 12.2 Å². The summed E-state index contributed by atoms with van der Waals surface area (Å²) in [6, 6.07) is 6.38. The highest BCUT2D eigenvalue weighted by Crippen LogP contribution is 2.49. The van der Waals surface area contributed by atoms with Gasteiger partial charge in [-0.2, -0.15) is 0 Å². The Hall–Kier alpha value is -2.70. The number of imide groups is 1. The lowest BCUT2D eigenvalue weighted by Crippen LogP contribution is -2.49. The first kappa shape index (κ1) is 19.3. The van der Waals surface area contributed by atoms with Crippen molar-refractivity contribution in [2.45, 2.75) is 19.3 Å². The van der Waals surface area contributed by atoms with Crippen LogP contribution >= 0.6 is 0 Å².